The van der Waals surface area contributed by atoms with Crippen LogP contribution in [-0.2, 0) is 4.79 Å². The van der Waals surface area contributed by atoms with Crippen LogP contribution in [0.2, 0.25) is 0 Å². The van der Waals surface area contributed by atoms with E-state index in [1.165, 1.54) is 12.5 Å². The van der Waals surface area contributed by atoms with Gasteiger partial charge in [-0.2, -0.15) is 0 Å². The molecule has 6 nitrogen and oxygen atoms in total. The van der Waals surface area contributed by atoms with Crippen LogP contribution in [0.1, 0.15) is 42.5 Å². The second-order valence-corrected chi connectivity index (χ2v) is 7.06. The van der Waals surface area contributed by atoms with Crippen LogP contribution in [0.5, 0.6) is 11.5 Å². The van der Waals surface area contributed by atoms with E-state index in [9.17, 15) is 9.59 Å². The van der Waals surface area contributed by atoms with Gasteiger partial charge in [0.2, 0.25) is 5.91 Å². The Morgan fingerprint density at radius 1 is 1.07 bits per heavy atom. The fourth-order valence-electron chi connectivity index (χ4n) is 3.70. The van der Waals surface area contributed by atoms with Gasteiger partial charge in [0.15, 0.2) is 0 Å². The maximum atomic E-state index is 12.8. The maximum absolute atomic E-state index is 12.8. The first-order valence-corrected chi connectivity index (χ1v) is 9.67. The number of rotatable bonds is 5. The first-order valence-electron chi connectivity index (χ1n) is 9.67. The molecule has 0 unspecified atom stereocenters. The average molecular weight is 372 g/mol. The van der Waals surface area contributed by atoms with E-state index in [0.29, 0.717) is 30.2 Å². The highest BCUT2D eigenvalue weighted by atomic mass is 16.5. The lowest BCUT2D eigenvalue weighted by atomic mass is 10.1. The number of benzene rings is 1. The van der Waals surface area contributed by atoms with Gasteiger partial charge in [0.05, 0.1) is 12.7 Å². The van der Waals surface area contributed by atoms with Crippen LogP contribution < -0.4 is 9.47 Å². The van der Waals surface area contributed by atoms with Gasteiger partial charge in [0, 0.05) is 45.1 Å². The van der Waals surface area contributed by atoms with E-state index in [-0.39, 0.29) is 17.9 Å². The standard InChI is InChI=1S/C21H28N2O4/c1-3-20(24)22-13-9-16(10-14-22)27-17-7-8-18(19(15-17)26-2)21(25)23-11-5-4-6-12-23/h3,7-8,15-16H,1,4-6,9-14H2,2H3. The minimum Gasteiger partial charge on any atom is -0.496 e. The summed E-state index contributed by atoms with van der Waals surface area (Å²) in [6.45, 7) is 6.48. The Kier molecular flexibility index (Phi) is 6.37. The Hall–Kier alpha value is -2.50. The number of amides is 2. The summed E-state index contributed by atoms with van der Waals surface area (Å²) >= 11 is 0. The highest BCUT2D eigenvalue weighted by molar-refractivity contribution is 5.97. The molecule has 2 amide bonds. The van der Waals surface area contributed by atoms with E-state index in [0.717, 1.165) is 38.8 Å². The van der Waals surface area contributed by atoms with Crippen molar-refractivity contribution in [2.24, 2.45) is 0 Å². The van der Waals surface area contributed by atoms with Gasteiger partial charge in [-0.3, -0.25) is 9.59 Å². The Morgan fingerprint density at radius 2 is 1.78 bits per heavy atom. The second-order valence-electron chi connectivity index (χ2n) is 7.06. The number of methoxy groups -OCH3 is 1. The smallest absolute Gasteiger partial charge is 0.257 e. The van der Waals surface area contributed by atoms with Gasteiger partial charge in [-0.15, -0.1) is 0 Å². The topological polar surface area (TPSA) is 59.1 Å². The van der Waals surface area contributed by atoms with Crippen molar-refractivity contribution >= 4 is 11.8 Å². The van der Waals surface area contributed by atoms with Gasteiger partial charge in [-0.25, -0.2) is 0 Å². The summed E-state index contributed by atoms with van der Waals surface area (Å²) in [5.41, 5.74) is 0.582. The number of nitrogens with zero attached hydrogens (tertiary/aromatic N) is 2. The number of piperidine rings is 2. The molecule has 0 aliphatic carbocycles. The molecule has 2 aliphatic heterocycles. The zero-order valence-electron chi connectivity index (χ0n) is 16.0. The highest BCUT2D eigenvalue weighted by Crippen LogP contribution is 2.28. The molecule has 0 radical (unpaired) electrons. The fourth-order valence-corrected chi connectivity index (χ4v) is 3.70. The first-order chi connectivity index (χ1) is 13.1. The van der Waals surface area contributed by atoms with Gasteiger partial charge >= 0.3 is 0 Å². The number of carbonyl (C=O) groups excluding carboxylic acids is 2. The van der Waals surface area contributed by atoms with Crippen molar-refractivity contribution in [3.05, 3.63) is 36.4 Å². The van der Waals surface area contributed by atoms with Crippen molar-refractivity contribution in [3.63, 3.8) is 0 Å². The van der Waals surface area contributed by atoms with Crippen molar-refractivity contribution in [2.45, 2.75) is 38.2 Å². The second kappa shape index (κ2) is 8.93. The van der Waals surface area contributed by atoms with Crippen LogP contribution >= 0.6 is 0 Å². The number of hydrogen-bond acceptors (Lipinski definition) is 4. The van der Waals surface area contributed by atoms with Crippen molar-refractivity contribution in [1.82, 2.24) is 9.80 Å². The lowest BCUT2D eigenvalue weighted by Crippen LogP contribution is -2.41. The zero-order chi connectivity index (χ0) is 19.2. The van der Waals surface area contributed by atoms with Crippen LogP contribution in [0.25, 0.3) is 0 Å². The summed E-state index contributed by atoms with van der Waals surface area (Å²) < 4.78 is 11.5. The predicted molar refractivity (Wildman–Crippen MR) is 103 cm³/mol. The molecule has 0 spiro atoms. The van der Waals surface area contributed by atoms with Gasteiger partial charge < -0.3 is 19.3 Å². The third-order valence-electron chi connectivity index (χ3n) is 5.28. The first kappa shape index (κ1) is 19.3. The summed E-state index contributed by atoms with van der Waals surface area (Å²) in [5, 5.41) is 0. The Morgan fingerprint density at radius 3 is 2.41 bits per heavy atom. The molecule has 146 valence electrons. The molecule has 1 aromatic rings. The fraction of sp³-hybridized carbons (Fsp3) is 0.524. The molecule has 0 N–H and O–H groups in total. The van der Waals surface area contributed by atoms with Crippen molar-refractivity contribution in [1.29, 1.82) is 0 Å². The summed E-state index contributed by atoms with van der Waals surface area (Å²) in [5.74, 6) is 1.22. The summed E-state index contributed by atoms with van der Waals surface area (Å²) in [4.78, 5) is 28.1. The van der Waals surface area contributed by atoms with E-state index in [1.807, 2.05) is 11.0 Å². The van der Waals surface area contributed by atoms with Gasteiger partial charge in [-0.1, -0.05) is 6.58 Å². The molecule has 0 bridgehead atoms. The molecule has 2 heterocycles. The minimum absolute atomic E-state index is 0.0225. The molecular formula is C21H28N2O4. The van der Waals surface area contributed by atoms with Crippen molar-refractivity contribution in [3.8, 4) is 11.5 Å². The molecule has 2 aliphatic rings. The Bertz CT molecular complexity index is 689. The molecular weight excluding hydrogens is 344 g/mol. The lowest BCUT2D eigenvalue weighted by molar-refractivity contribution is -0.127. The molecule has 1 aromatic carbocycles. The third kappa shape index (κ3) is 4.62. The predicted octanol–water partition coefficient (Wildman–Crippen LogP) is 2.88. The number of hydrogen-bond donors (Lipinski definition) is 0. The minimum atomic E-state index is -0.0318. The van der Waals surface area contributed by atoms with E-state index >= 15 is 0 Å². The summed E-state index contributed by atoms with van der Waals surface area (Å²) in [6.07, 6.45) is 6.25. The number of carbonyl (C=O) groups is 2. The van der Waals surface area contributed by atoms with Gasteiger partial charge in [0.1, 0.15) is 17.6 Å². The molecule has 2 fully saturated rings. The summed E-state index contributed by atoms with van der Waals surface area (Å²) in [6, 6.07) is 5.42. The number of likely N-dealkylation sites (tertiary alicyclic amines) is 2. The molecule has 2 saturated heterocycles. The van der Waals surface area contributed by atoms with E-state index in [4.69, 9.17) is 9.47 Å². The van der Waals surface area contributed by atoms with Crippen LogP contribution in [0.4, 0.5) is 0 Å². The van der Waals surface area contributed by atoms with Crippen LogP contribution in [-0.4, -0.2) is 61.0 Å². The zero-order valence-corrected chi connectivity index (χ0v) is 16.0. The van der Waals surface area contributed by atoms with E-state index in [2.05, 4.69) is 6.58 Å². The van der Waals surface area contributed by atoms with Crippen LogP contribution in [0.3, 0.4) is 0 Å². The third-order valence-corrected chi connectivity index (χ3v) is 5.28. The maximum Gasteiger partial charge on any atom is 0.257 e. The molecule has 27 heavy (non-hydrogen) atoms. The number of ether oxygens (including phenoxy) is 2. The van der Waals surface area contributed by atoms with Crippen molar-refractivity contribution < 1.29 is 19.1 Å². The monoisotopic (exact) mass is 372 g/mol. The molecule has 6 heteroatoms. The molecule has 3 rings (SSSR count). The molecule has 0 atom stereocenters. The van der Waals surface area contributed by atoms with E-state index < -0.39 is 0 Å². The SMILES string of the molecule is C=CC(=O)N1CCC(Oc2ccc(C(=O)N3CCCCC3)c(OC)c2)CC1. The highest BCUT2D eigenvalue weighted by Gasteiger charge is 2.24. The summed E-state index contributed by atoms with van der Waals surface area (Å²) in [7, 11) is 1.57. The van der Waals surface area contributed by atoms with Gasteiger partial charge in [0.25, 0.3) is 5.91 Å². The average Bonchev–Trinajstić information content (AvgIpc) is 2.73. The molecule has 0 saturated carbocycles. The van der Waals surface area contributed by atoms with E-state index in [1.54, 1.807) is 24.1 Å². The van der Waals surface area contributed by atoms with Crippen molar-refractivity contribution in [2.75, 3.05) is 33.3 Å². The quantitative estimate of drug-likeness (QED) is 0.746. The normalized spacial score (nSPS) is 18.1. The Labute approximate surface area is 160 Å². The van der Waals surface area contributed by atoms with Gasteiger partial charge in [-0.05, 0) is 37.5 Å². The van der Waals surface area contributed by atoms with Crippen LogP contribution in [0, 0.1) is 0 Å². The Balaban J connectivity index is 1.63. The molecule has 0 aromatic heterocycles. The largest absolute Gasteiger partial charge is 0.496 e. The van der Waals surface area contributed by atoms with Crippen LogP contribution in [0.15, 0.2) is 30.9 Å². The lowest BCUT2D eigenvalue weighted by Gasteiger charge is -2.31.